The molecule has 0 aliphatic carbocycles. The number of nitrogens with one attached hydrogen (secondary N) is 1. The molecule has 0 saturated heterocycles. The smallest absolute Gasteiger partial charge is 0.423 e. The van der Waals surface area contributed by atoms with Gasteiger partial charge in [-0.05, 0) is 12.1 Å². The lowest BCUT2D eigenvalue weighted by molar-refractivity contribution is -0.274. The number of rotatable bonds is 3. The highest BCUT2D eigenvalue weighted by atomic mass is 19.4. The Kier molecular flexibility index (Phi) is 5.86. The van der Waals surface area contributed by atoms with Crippen LogP contribution in [0, 0.1) is 0 Å². The number of H-pyrrole nitrogens is 1. The van der Waals surface area contributed by atoms with Crippen molar-refractivity contribution in [1.82, 2.24) is 39.6 Å². The first kappa shape index (κ1) is 23.7. The molecule has 1 atom stereocenters. The number of methoxy groups -OCH3 is 1. The predicted molar refractivity (Wildman–Crippen MR) is 116 cm³/mol. The number of quaternary nitrogens is 1. The van der Waals surface area contributed by atoms with Gasteiger partial charge in [0.1, 0.15) is 36.0 Å². The van der Waals surface area contributed by atoms with Crippen LogP contribution in [0.5, 0.6) is 5.75 Å². The van der Waals surface area contributed by atoms with Crippen LogP contribution in [0.2, 0.25) is 0 Å². The Morgan fingerprint density at radius 2 is 1.89 bits per heavy atom. The molecule has 2 aliphatic heterocycles. The molecule has 0 saturated carbocycles. The number of benzene rings is 1. The Hall–Kier alpha value is -4.01. The summed E-state index contributed by atoms with van der Waals surface area (Å²) in [7, 11) is 1.25. The third-order valence-electron chi connectivity index (χ3n) is 6.40. The van der Waals surface area contributed by atoms with E-state index < -0.39 is 18.2 Å². The Morgan fingerprint density at radius 3 is 2.61 bits per heavy atom. The Labute approximate surface area is 202 Å². The number of nitrogens with zero attached hydrogens (tertiary/aromatic N) is 7. The van der Waals surface area contributed by atoms with Crippen LogP contribution < -0.4 is 9.22 Å². The largest absolute Gasteiger partial charge is 0.573 e. The van der Waals surface area contributed by atoms with Gasteiger partial charge in [-0.2, -0.15) is 9.28 Å². The van der Waals surface area contributed by atoms with Gasteiger partial charge in [0, 0.05) is 25.1 Å². The average Bonchev–Trinajstić information content (AvgIpc) is 3.45. The molecule has 15 heteroatoms. The van der Waals surface area contributed by atoms with E-state index in [9.17, 15) is 22.8 Å². The summed E-state index contributed by atoms with van der Waals surface area (Å²) in [6.07, 6.45) is -4.50. The molecule has 0 fully saturated rings. The van der Waals surface area contributed by atoms with Gasteiger partial charge in [-0.3, -0.25) is 9.89 Å². The molecular formula is C21H22F3N8O4+. The van der Waals surface area contributed by atoms with E-state index in [1.165, 1.54) is 19.2 Å². The Balaban J connectivity index is 1.35. The fraction of sp³-hybridized carbons (Fsp3) is 0.429. The number of alkyl halides is 3. The van der Waals surface area contributed by atoms with E-state index in [-0.39, 0.29) is 42.3 Å². The Morgan fingerprint density at radius 1 is 1.11 bits per heavy atom. The summed E-state index contributed by atoms with van der Waals surface area (Å²) in [6.45, 7) is 1.44. The molecule has 12 nitrogen and oxygen atoms in total. The van der Waals surface area contributed by atoms with E-state index in [4.69, 9.17) is 4.74 Å². The standard InChI is InChI=1S/C21H22F3N8O4/c1-35-20(34)32(13-2-4-14(5-3-13)36-21(22,23)24)10-7-17-25-18(28-31(17)9-11-32)19(33)30-8-6-15-16(12-30)27-29-26-15/h2-5H,6-12H2,1H3,(H,26,27,29)/q+1. The fourth-order valence-corrected chi connectivity index (χ4v) is 4.57. The van der Waals surface area contributed by atoms with E-state index in [0.29, 0.717) is 36.7 Å². The number of ether oxygens (including phenoxy) is 2. The molecule has 5 rings (SSSR count). The van der Waals surface area contributed by atoms with Gasteiger partial charge in [-0.15, -0.1) is 23.4 Å². The lowest BCUT2D eigenvalue weighted by Gasteiger charge is -2.32. The summed E-state index contributed by atoms with van der Waals surface area (Å²) < 4.78 is 47.9. The van der Waals surface area contributed by atoms with E-state index >= 15 is 0 Å². The van der Waals surface area contributed by atoms with E-state index in [1.807, 2.05) is 0 Å². The minimum Gasteiger partial charge on any atom is -0.423 e. The predicted octanol–water partition coefficient (Wildman–Crippen LogP) is 1.82. The van der Waals surface area contributed by atoms with Gasteiger partial charge in [0.25, 0.3) is 5.91 Å². The lowest BCUT2D eigenvalue weighted by Crippen LogP contribution is -2.56. The van der Waals surface area contributed by atoms with Gasteiger partial charge in [0.05, 0.1) is 32.3 Å². The highest BCUT2D eigenvalue weighted by molar-refractivity contribution is 5.90. The number of aromatic nitrogens is 6. The number of amides is 2. The van der Waals surface area contributed by atoms with Gasteiger partial charge >= 0.3 is 12.5 Å². The van der Waals surface area contributed by atoms with Crippen LogP contribution in [0.1, 0.15) is 27.8 Å². The van der Waals surface area contributed by atoms with Crippen LogP contribution in [-0.2, 0) is 30.7 Å². The summed E-state index contributed by atoms with van der Waals surface area (Å²) in [5.74, 6) is -0.127. The van der Waals surface area contributed by atoms with Crippen LogP contribution in [0.3, 0.4) is 0 Å². The minimum absolute atomic E-state index is 0.0589. The molecular weight excluding hydrogens is 485 g/mol. The second kappa shape index (κ2) is 8.89. The lowest BCUT2D eigenvalue weighted by atomic mass is 10.1. The van der Waals surface area contributed by atoms with E-state index in [1.54, 1.807) is 9.58 Å². The van der Waals surface area contributed by atoms with Gasteiger partial charge in [-0.1, -0.05) is 5.21 Å². The normalized spacial score (nSPS) is 19.7. The SMILES string of the molecule is COC(=O)[N+]1(c2ccc(OC(F)(F)F)cc2)CCc2nc(C(=O)N3CCc4[nH]nnc4C3)nn2CC1. The Bertz CT molecular complexity index is 1260. The zero-order valence-electron chi connectivity index (χ0n) is 19.2. The molecule has 36 heavy (non-hydrogen) atoms. The van der Waals surface area contributed by atoms with Gasteiger partial charge in [0.2, 0.25) is 5.82 Å². The zero-order chi connectivity index (χ0) is 25.5. The average molecular weight is 507 g/mol. The molecule has 1 aromatic carbocycles. The third kappa shape index (κ3) is 4.36. The molecule has 2 amide bonds. The number of aromatic amines is 1. The number of hydrogen-bond acceptors (Lipinski definition) is 8. The van der Waals surface area contributed by atoms with Crippen LogP contribution in [0.25, 0.3) is 0 Å². The van der Waals surface area contributed by atoms with Crippen molar-refractivity contribution in [2.75, 3.05) is 26.7 Å². The first-order valence-electron chi connectivity index (χ1n) is 11.1. The molecule has 1 N–H and O–H groups in total. The molecule has 2 aromatic heterocycles. The molecule has 0 radical (unpaired) electrons. The fourth-order valence-electron chi connectivity index (χ4n) is 4.57. The molecule has 2 aliphatic rings. The molecule has 3 aromatic rings. The first-order valence-corrected chi connectivity index (χ1v) is 11.1. The second-order valence-electron chi connectivity index (χ2n) is 8.47. The monoisotopic (exact) mass is 507 g/mol. The van der Waals surface area contributed by atoms with Crippen LogP contribution in [0.15, 0.2) is 24.3 Å². The van der Waals surface area contributed by atoms with Gasteiger partial charge in [0.15, 0.2) is 0 Å². The van der Waals surface area contributed by atoms with Crippen molar-refractivity contribution in [3.8, 4) is 5.75 Å². The second-order valence-corrected chi connectivity index (χ2v) is 8.47. The summed E-state index contributed by atoms with van der Waals surface area (Å²) in [4.78, 5) is 32.0. The van der Waals surface area contributed by atoms with Crippen LogP contribution in [-0.4, -0.2) is 80.2 Å². The summed E-state index contributed by atoms with van der Waals surface area (Å²) in [6, 6.07) is 5.12. The van der Waals surface area contributed by atoms with Crippen molar-refractivity contribution < 1.29 is 32.2 Å². The third-order valence-corrected chi connectivity index (χ3v) is 6.40. The summed E-state index contributed by atoms with van der Waals surface area (Å²) in [5, 5.41) is 15.0. The number of halogens is 3. The van der Waals surface area contributed by atoms with Gasteiger partial charge in [-0.25, -0.2) is 9.67 Å². The minimum atomic E-state index is -4.82. The van der Waals surface area contributed by atoms with Crippen molar-refractivity contribution >= 4 is 17.7 Å². The van der Waals surface area contributed by atoms with Crippen molar-refractivity contribution in [3.63, 3.8) is 0 Å². The maximum atomic E-state index is 13.0. The topological polar surface area (TPSA) is 128 Å². The van der Waals surface area contributed by atoms with Crippen LogP contribution in [0.4, 0.5) is 23.7 Å². The van der Waals surface area contributed by atoms with Crippen molar-refractivity contribution in [2.24, 2.45) is 0 Å². The number of fused-ring (bicyclic) bond motifs is 2. The molecule has 0 bridgehead atoms. The number of carbonyl (C=O) groups excluding carboxylic acids is 2. The molecule has 1 unspecified atom stereocenters. The first-order chi connectivity index (χ1) is 17.2. The number of hydrogen-bond donors (Lipinski definition) is 1. The van der Waals surface area contributed by atoms with E-state index in [2.05, 4.69) is 30.2 Å². The molecule has 190 valence electrons. The molecule has 4 heterocycles. The highest BCUT2D eigenvalue weighted by Crippen LogP contribution is 2.31. The maximum absolute atomic E-state index is 13.0. The van der Waals surface area contributed by atoms with E-state index in [0.717, 1.165) is 17.8 Å². The maximum Gasteiger partial charge on any atom is 0.573 e. The molecule has 0 spiro atoms. The zero-order valence-corrected chi connectivity index (χ0v) is 19.2. The van der Waals surface area contributed by atoms with Crippen molar-refractivity contribution in [2.45, 2.75) is 32.3 Å². The van der Waals surface area contributed by atoms with Crippen molar-refractivity contribution in [3.05, 3.63) is 47.3 Å². The summed E-state index contributed by atoms with van der Waals surface area (Å²) in [5.41, 5.74) is 2.06. The summed E-state index contributed by atoms with van der Waals surface area (Å²) >= 11 is 0. The highest BCUT2D eigenvalue weighted by Gasteiger charge is 2.43. The van der Waals surface area contributed by atoms with Crippen molar-refractivity contribution in [1.29, 1.82) is 0 Å². The van der Waals surface area contributed by atoms with Crippen LogP contribution >= 0.6 is 0 Å². The number of carbonyl (C=O) groups is 2. The quantitative estimate of drug-likeness (QED) is 0.532. The van der Waals surface area contributed by atoms with Gasteiger partial charge < -0.3 is 14.4 Å².